The highest BCUT2D eigenvalue weighted by atomic mass is 16.5. The molecule has 3 aromatic rings. The number of anilines is 2. The molecule has 0 spiro atoms. The standard InChI is InChI=1S/C25H27N3O3/c1-25(2,3)18-8-6-9-20(16-18)28(24(26)30)19-11-13-21(14-12-19)31-22-10-5-7-17(15-22)23(29)27-4/h5-16H,1-4H3,(H2,26,30)(H,27,29). The topological polar surface area (TPSA) is 84.7 Å². The van der Waals surface area contributed by atoms with E-state index in [4.69, 9.17) is 10.5 Å². The number of hydrogen-bond acceptors (Lipinski definition) is 3. The highest BCUT2D eigenvalue weighted by Gasteiger charge is 2.19. The number of ether oxygens (including phenoxy) is 1. The summed E-state index contributed by atoms with van der Waals surface area (Å²) in [5.74, 6) is 0.930. The highest BCUT2D eigenvalue weighted by molar-refractivity contribution is 5.98. The molecular weight excluding hydrogens is 390 g/mol. The van der Waals surface area contributed by atoms with Crippen molar-refractivity contribution in [1.82, 2.24) is 5.32 Å². The fraction of sp³-hybridized carbons (Fsp3) is 0.200. The summed E-state index contributed by atoms with van der Waals surface area (Å²) in [6.45, 7) is 6.35. The van der Waals surface area contributed by atoms with Crippen LogP contribution < -0.4 is 20.7 Å². The molecule has 6 heteroatoms. The van der Waals surface area contributed by atoms with Crippen molar-refractivity contribution >= 4 is 23.3 Å². The normalized spacial score (nSPS) is 11.0. The van der Waals surface area contributed by atoms with E-state index in [0.29, 0.717) is 28.4 Å². The lowest BCUT2D eigenvalue weighted by Gasteiger charge is -2.25. The van der Waals surface area contributed by atoms with Gasteiger partial charge in [0.15, 0.2) is 0 Å². The van der Waals surface area contributed by atoms with Gasteiger partial charge in [-0.3, -0.25) is 9.69 Å². The minimum Gasteiger partial charge on any atom is -0.457 e. The SMILES string of the molecule is CNC(=O)c1cccc(Oc2ccc(N(C(N)=O)c3cccc(C(C)(C)C)c3)cc2)c1. The minimum atomic E-state index is -0.571. The Morgan fingerprint density at radius 2 is 1.55 bits per heavy atom. The van der Waals surface area contributed by atoms with Gasteiger partial charge in [-0.05, 0) is 65.6 Å². The van der Waals surface area contributed by atoms with Crippen LogP contribution in [0.15, 0.2) is 72.8 Å². The van der Waals surface area contributed by atoms with Gasteiger partial charge in [-0.2, -0.15) is 0 Å². The van der Waals surface area contributed by atoms with Gasteiger partial charge in [-0.25, -0.2) is 4.79 Å². The lowest BCUT2D eigenvalue weighted by molar-refractivity contribution is 0.0962. The van der Waals surface area contributed by atoms with Crippen LogP contribution in [0.5, 0.6) is 11.5 Å². The number of nitrogens with two attached hydrogens (primary N) is 1. The number of carbonyl (C=O) groups excluding carboxylic acids is 2. The van der Waals surface area contributed by atoms with E-state index in [0.717, 1.165) is 5.56 Å². The van der Waals surface area contributed by atoms with Crippen molar-refractivity contribution < 1.29 is 14.3 Å². The average Bonchev–Trinajstić information content (AvgIpc) is 2.74. The summed E-state index contributed by atoms with van der Waals surface area (Å²) >= 11 is 0. The molecule has 31 heavy (non-hydrogen) atoms. The molecule has 3 aromatic carbocycles. The largest absolute Gasteiger partial charge is 0.457 e. The third-order valence-electron chi connectivity index (χ3n) is 4.84. The van der Waals surface area contributed by atoms with E-state index in [9.17, 15) is 9.59 Å². The van der Waals surface area contributed by atoms with Crippen LogP contribution in [0, 0.1) is 0 Å². The number of hydrogen-bond donors (Lipinski definition) is 2. The third-order valence-corrected chi connectivity index (χ3v) is 4.84. The molecule has 160 valence electrons. The van der Waals surface area contributed by atoms with Gasteiger partial charge in [-0.1, -0.05) is 39.0 Å². The number of nitrogens with zero attached hydrogens (tertiary/aromatic N) is 1. The van der Waals surface area contributed by atoms with Crippen LogP contribution in [-0.2, 0) is 5.41 Å². The van der Waals surface area contributed by atoms with Crippen molar-refractivity contribution in [2.45, 2.75) is 26.2 Å². The van der Waals surface area contributed by atoms with Gasteiger partial charge in [0.05, 0.1) is 11.4 Å². The first-order valence-electron chi connectivity index (χ1n) is 9.99. The van der Waals surface area contributed by atoms with E-state index in [2.05, 4.69) is 26.1 Å². The Kier molecular flexibility index (Phi) is 6.30. The maximum Gasteiger partial charge on any atom is 0.323 e. The molecule has 3 N–H and O–H groups in total. The van der Waals surface area contributed by atoms with Gasteiger partial charge in [0, 0.05) is 12.6 Å². The Morgan fingerprint density at radius 1 is 0.871 bits per heavy atom. The number of amides is 3. The van der Waals surface area contributed by atoms with Gasteiger partial charge in [0.1, 0.15) is 11.5 Å². The predicted octanol–water partition coefficient (Wildman–Crippen LogP) is 5.35. The van der Waals surface area contributed by atoms with Crippen LogP contribution in [0.25, 0.3) is 0 Å². The van der Waals surface area contributed by atoms with Crippen LogP contribution in [0.2, 0.25) is 0 Å². The number of urea groups is 1. The second-order valence-electron chi connectivity index (χ2n) is 8.18. The molecule has 0 atom stereocenters. The molecule has 0 aliphatic rings. The zero-order valence-electron chi connectivity index (χ0n) is 18.2. The first-order valence-corrected chi connectivity index (χ1v) is 9.99. The lowest BCUT2D eigenvalue weighted by atomic mass is 9.87. The molecule has 0 fully saturated rings. The first kappa shape index (κ1) is 21.9. The molecule has 0 unspecified atom stereocenters. The molecule has 0 saturated carbocycles. The van der Waals surface area contributed by atoms with Crippen LogP contribution in [0.4, 0.5) is 16.2 Å². The van der Waals surface area contributed by atoms with Crippen LogP contribution >= 0.6 is 0 Å². The monoisotopic (exact) mass is 417 g/mol. The Labute approximate surface area is 182 Å². The number of rotatable bonds is 5. The average molecular weight is 418 g/mol. The summed E-state index contributed by atoms with van der Waals surface area (Å²) in [6, 6.07) is 21.2. The summed E-state index contributed by atoms with van der Waals surface area (Å²) in [6.07, 6.45) is 0. The molecule has 0 aromatic heterocycles. The quantitative estimate of drug-likeness (QED) is 0.587. The van der Waals surface area contributed by atoms with Gasteiger partial charge >= 0.3 is 6.03 Å². The van der Waals surface area contributed by atoms with Crippen molar-refractivity contribution in [3.63, 3.8) is 0 Å². The highest BCUT2D eigenvalue weighted by Crippen LogP contribution is 2.32. The number of nitrogens with one attached hydrogen (secondary N) is 1. The molecule has 3 rings (SSSR count). The molecule has 3 amide bonds. The molecule has 0 aliphatic carbocycles. The summed E-state index contributed by atoms with van der Waals surface area (Å²) in [5.41, 5.74) is 8.59. The first-order chi connectivity index (χ1) is 14.7. The molecule has 0 radical (unpaired) electrons. The second kappa shape index (κ2) is 8.92. The van der Waals surface area contributed by atoms with E-state index in [-0.39, 0.29) is 11.3 Å². The Balaban J connectivity index is 1.85. The van der Waals surface area contributed by atoms with Gasteiger partial charge in [0.2, 0.25) is 0 Å². The zero-order valence-corrected chi connectivity index (χ0v) is 18.2. The summed E-state index contributed by atoms with van der Waals surface area (Å²) < 4.78 is 5.86. The fourth-order valence-corrected chi connectivity index (χ4v) is 3.16. The number of benzene rings is 3. The van der Waals surface area contributed by atoms with E-state index in [1.165, 1.54) is 4.90 Å². The van der Waals surface area contributed by atoms with Crippen molar-refractivity contribution in [3.8, 4) is 11.5 Å². The molecule has 0 bridgehead atoms. The maximum atomic E-state index is 12.2. The van der Waals surface area contributed by atoms with Gasteiger partial charge < -0.3 is 15.8 Å². The fourth-order valence-electron chi connectivity index (χ4n) is 3.16. The van der Waals surface area contributed by atoms with E-state index >= 15 is 0 Å². The van der Waals surface area contributed by atoms with Crippen molar-refractivity contribution in [2.24, 2.45) is 5.73 Å². The van der Waals surface area contributed by atoms with Crippen molar-refractivity contribution in [1.29, 1.82) is 0 Å². The van der Waals surface area contributed by atoms with Crippen LogP contribution in [-0.4, -0.2) is 19.0 Å². The molecular formula is C25H27N3O3. The Hall–Kier alpha value is -3.80. The van der Waals surface area contributed by atoms with Crippen LogP contribution in [0.1, 0.15) is 36.7 Å². The van der Waals surface area contributed by atoms with Crippen molar-refractivity contribution in [3.05, 3.63) is 83.9 Å². The minimum absolute atomic E-state index is 0.0553. The molecule has 6 nitrogen and oxygen atoms in total. The van der Waals surface area contributed by atoms with E-state index in [1.54, 1.807) is 55.6 Å². The predicted molar refractivity (Wildman–Crippen MR) is 123 cm³/mol. The lowest BCUT2D eigenvalue weighted by Crippen LogP contribution is -2.31. The van der Waals surface area contributed by atoms with Gasteiger partial charge in [-0.15, -0.1) is 0 Å². The number of carbonyl (C=O) groups is 2. The molecule has 0 saturated heterocycles. The summed E-state index contributed by atoms with van der Waals surface area (Å²) in [4.78, 5) is 25.5. The van der Waals surface area contributed by atoms with E-state index in [1.807, 2.05) is 24.3 Å². The molecule has 0 heterocycles. The third kappa shape index (κ3) is 5.22. The summed E-state index contributed by atoms with van der Waals surface area (Å²) in [5, 5.41) is 2.59. The zero-order chi connectivity index (χ0) is 22.6. The van der Waals surface area contributed by atoms with E-state index < -0.39 is 6.03 Å². The second-order valence-corrected chi connectivity index (χ2v) is 8.18. The molecule has 0 aliphatic heterocycles. The van der Waals surface area contributed by atoms with Crippen LogP contribution in [0.3, 0.4) is 0 Å². The summed E-state index contributed by atoms with van der Waals surface area (Å²) in [7, 11) is 1.58. The van der Waals surface area contributed by atoms with Crippen molar-refractivity contribution in [2.75, 3.05) is 11.9 Å². The van der Waals surface area contributed by atoms with Gasteiger partial charge in [0.25, 0.3) is 5.91 Å². The Morgan fingerprint density at radius 3 is 2.16 bits per heavy atom. The number of primary amides is 1. The smallest absolute Gasteiger partial charge is 0.323 e. The Bertz CT molecular complexity index is 1090. The maximum absolute atomic E-state index is 12.2.